The normalized spacial score (nSPS) is 20.1. The number of benzene rings is 1. The molecule has 0 bridgehead atoms. The molecule has 1 aromatic carbocycles. The van der Waals surface area contributed by atoms with E-state index in [1.165, 1.54) is 6.42 Å². The van der Waals surface area contributed by atoms with Gasteiger partial charge in [0.05, 0.1) is 5.69 Å². The second-order valence-corrected chi connectivity index (χ2v) is 9.65. The molecule has 2 aliphatic heterocycles. The van der Waals surface area contributed by atoms with Crippen LogP contribution < -0.4 is 19.3 Å². The summed E-state index contributed by atoms with van der Waals surface area (Å²) < 4.78 is 11.7. The van der Waals surface area contributed by atoms with Crippen LogP contribution in [0.25, 0.3) is 0 Å². The highest BCUT2D eigenvalue weighted by atomic mass is 16.6. The highest BCUT2D eigenvalue weighted by Crippen LogP contribution is 2.39. The van der Waals surface area contributed by atoms with E-state index in [4.69, 9.17) is 9.47 Å². The number of fused-ring (bicyclic) bond motifs is 1. The molecule has 1 saturated carbocycles. The molecule has 5 rings (SSSR count). The molecule has 1 saturated heterocycles. The van der Waals surface area contributed by atoms with Crippen LogP contribution in [0.3, 0.4) is 0 Å². The Labute approximate surface area is 202 Å². The van der Waals surface area contributed by atoms with Gasteiger partial charge in [0.15, 0.2) is 11.5 Å². The van der Waals surface area contributed by atoms with E-state index in [1.807, 2.05) is 35.2 Å². The first-order valence-corrected chi connectivity index (χ1v) is 12.8. The fourth-order valence-corrected chi connectivity index (χ4v) is 5.47. The third-order valence-electron chi connectivity index (χ3n) is 7.42. The second kappa shape index (κ2) is 10.6. The Balaban J connectivity index is 1.24. The molecule has 1 aliphatic carbocycles. The maximum absolute atomic E-state index is 13.5. The standard InChI is InChI=1S/C27H36N4O3/c1-21(20-31(25-12-5-6-13-28-25)27(32)22-8-3-2-4-9-22)29-14-16-30(17-15-29)23-10-7-11-24-26(23)34-19-18-33-24/h5-7,10-13,21-22H,2-4,8-9,14-20H2,1H3/t21-/m1/s1. The van der Waals surface area contributed by atoms with Gasteiger partial charge in [-0.25, -0.2) is 4.98 Å². The first-order chi connectivity index (χ1) is 16.7. The van der Waals surface area contributed by atoms with Crippen molar-refractivity contribution in [2.45, 2.75) is 45.1 Å². The Hall–Kier alpha value is -2.80. The summed E-state index contributed by atoms with van der Waals surface area (Å²) >= 11 is 0. The molecule has 0 unspecified atom stereocenters. The van der Waals surface area contributed by atoms with Crippen molar-refractivity contribution in [3.05, 3.63) is 42.6 Å². The van der Waals surface area contributed by atoms with Gasteiger partial charge in [0.2, 0.25) is 5.91 Å². The molecular formula is C27H36N4O3. The lowest BCUT2D eigenvalue weighted by Crippen LogP contribution is -2.53. The van der Waals surface area contributed by atoms with E-state index in [-0.39, 0.29) is 17.9 Å². The summed E-state index contributed by atoms with van der Waals surface area (Å²) in [5, 5.41) is 0. The summed E-state index contributed by atoms with van der Waals surface area (Å²) in [5.74, 6) is 2.86. The van der Waals surface area contributed by atoms with Gasteiger partial charge >= 0.3 is 0 Å². The van der Waals surface area contributed by atoms with Crippen molar-refractivity contribution in [3.63, 3.8) is 0 Å². The number of carbonyl (C=O) groups is 1. The molecule has 34 heavy (non-hydrogen) atoms. The smallest absolute Gasteiger partial charge is 0.231 e. The van der Waals surface area contributed by atoms with Gasteiger partial charge in [0, 0.05) is 50.9 Å². The van der Waals surface area contributed by atoms with Crippen LogP contribution in [0.15, 0.2) is 42.6 Å². The molecule has 7 heteroatoms. The maximum atomic E-state index is 13.5. The van der Waals surface area contributed by atoms with E-state index in [0.717, 1.165) is 74.9 Å². The second-order valence-electron chi connectivity index (χ2n) is 9.65. The van der Waals surface area contributed by atoms with E-state index in [2.05, 4.69) is 27.8 Å². The number of para-hydroxylation sites is 1. The topological polar surface area (TPSA) is 58.1 Å². The van der Waals surface area contributed by atoms with Crippen LogP contribution in [0.2, 0.25) is 0 Å². The molecule has 3 aliphatic rings. The van der Waals surface area contributed by atoms with Gasteiger partial charge in [-0.05, 0) is 44.0 Å². The monoisotopic (exact) mass is 464 g/mol. The summed E-state index contributed by atoms with van der Waals surface area (Å²) in [6.45, 7) is 7.84. The van der Waals surface area contributed by atoms with Gasteiger partial charge in [0.25, 0.3) is 0 Å². The third-order valence-corrected chi connectivity index (χ3v) is 7.42. The molecule has 1 atom stereocenters. The first kappa shape index (κ1) is 23.0. The summed E-state index contributed by atoms with van der Waals surface area (Å²) in [5.41, 5.74) is 1.12. The number of nitrogens with zero attached hydrogens (tertiary/aromatic N) is 4. The lowest BCUT2D eigenvalue weighted by molar-refractivity contribution is -0.123. The lowest BCUT2D eigenvalue weighted by atomic mass is 9.88. The van der Waals surface area contributed by atoms with E-state index in [9.17, 15) is 4.79 Å². The van der Waals surface area contributed by atoms with E-state index in [0.29, 0.717) is 19.8 Å². The summed E-state index contributed by atoms with van der Waals surface area (Å²) in [4.78, 5) is 24.9. The summed E-state index contributed by atoms with van der Waals surface area (Å²) in [7, 11) is 0. The number of hydrogen-bond donors (Lipinski definition) is 0. The molecule has 0 radical (unpaired) electrons. The van der Waals surface area contributed by atoms with Gasteiger partial charge in [-0.15, -0.1) is 0 Å². The van der Waals surface area contributed by atoms with Crippen LogP contribution in [0, 0.1) is 5.92 Å². The van der Waals surface area contributed by atoms with Gasteiger partial charge in [-0.1, -0.05) is 31.4 Å². The molecule has 2 aromatic rings. The molecule has 2 fully saturated rings. The first-order valence-electron chi connectivity index (χ1n) is 12.8. The van der Waals surface area contributed by atoms with Crippen molar-refractivity contribution in [2.24, 2.45) is 5.92 Å². The van der Waals surface area contributed by atoms with Crippen LogP contribution in [-0.4, -0.2) is 67.8 Å². The minimum atomic E-state index is 0.131. The fourth-order valence-electron chi connectivity index (χ4n) is 5.47. The van der Waals surface area contributed by atoms with Crippen LogP contribution in [0.5, 0.6) is 11.5 Å². The van der Waals surface area contributed by atoms with Crippen molar-refractivity contribution in [3.8, 4) is 11.5 Å². The number of hydrogen-bond acceptors (Lipinski definition) is 6. The number of carbonyl (C=O) groups excluding carboxylic acids is 1. The average Bonchev–Trinajstić information content (AvgIpc) is 2.92. The van der Waals surface area contributed by atoms with Gasteiger partial charge < -0.3 is 14.4 Å². The molecule has 0 N–H and O–H groups in total. The molecule has 0 spiro atoms. The van der Waals surface area contributed by atoms with Crippen molar-refractivity contribution in [1.82, 2.24) is 9.88 Å². The fraction of sp³-hybridized carbons (Fsp3) is 0.556. The van der Waals surface area contributed by atoms with Gasteiger partial charge in [-0.2, -0.15) is 0 Å². The van der Waals surface area contributed by atoms with Crippen molar-refractivity contribution in [1.29, 1.82) is 0 Å². The Morgan fingerprint density at radius 1 is 1.03 bits per heavy atom. The highest BCUT2D eigenvalue weighted by molar-refractivity contribution is 5.94. The largest absolute Gasteiger partial charge is 0.486 e. The zero-order chi connectivity index (χ0) is 23.3. The van der Waals surface area contributed by atoms with Crippen molar-refractivity contribution < 1.29 is 14.3 Å². The van der Waals surface area contributed by atoms with Crippen LogP contribution in [-0.2, 0) is 4.79 Å². The summed E-state index contributed by atoms with van der Waals surface area (Å²) in [6.07, 6.45) is 7.34. The Morgan fingerprint density at radius 2 is 1.82 bits per heavy atom. The van der Waals surface area contributed by atoms with E-state index in [1.54, 1.807) is 6.20 Å². The average molecular weight is 465 g/mol. The number of amides is 1. The maximum Gasteiger partial charge on any atom is 0.231 e. The molecule has 182 valence electrons. The number of anilines is 2. The Kier molecular flexibility index (Phi) is 7.19. The van der Waals surface area contributed by atoms with E-state index >= 15 is 0 Å². The minimum Gasteiger partial charge on any atom is -0.486 e. The number of ether oxygens (including phenoxy) is 2. The molecule has 7 nitrogen and oxygen atoms in total. The predicted octanol–water partition coefficient (Wildman–Crippen LogP) is 3.98. The van der Waals surface area contributed by atoms with Crippen molar-refractivity contribution >= 4 is 17.4 Å². The molecule has 1 aromatic heterocycles. The molecular weight excluding hydrogens is 428 g/mol. The summed E-state index contributed by atoms with van der Waals surface area (Å²) in [6, 6.07) is 12.2. The quantitative estimate of drug-likeness (QED) is 0.645. The third kappa shape index (κ3) is 4.99. The zero-order valence-electron chi connectivity index (χ0n) is 20.2. The predicted molar refractivity (Wildman–Crippen MR) is 134 cm³/mol. The zero-order valence-corrected chi connectivity index (χ0v) is 20.2. The van der Waals surface area contributed by atoms with E-state index < -0.39 is 0 Å². The number of pyridine rings is 1. The van der Waals surface area contributed by atoms with Crippen LogP contribution in [0.4, 0.5) is 11.5 Å². The Morgan fingerprint density at radius 3 is 2.59 bits per heavy atom. The number of rotatable bonds is 6. The lowest BCUT2D eigenvalue weighted by Gasteiger charge is -2.41. The number of aromatic nitrogens is 1. The van der Waals surface area contributed by atoms with Gasteiger partial charge in [-0.3, -0.25) is 14.6 Å². The number of piperazine rings is 1. The minimum absolute atomic E-state index is 0.131. The van der Waals surface area contributed by atoms with Gasteiger partial charge in [0.1, 0.15) is 19.0 Å². The SMILES string of the molecule is C[C@H](CN(C(=O)C1CCCCC1)c1ccccn1)N1CCN(c2cccc3c2OCCO3)CC1. The Bertz CT molecular complexity index is 956. The van der Waals surface area contributed by atoms with Crippen molar-refractivity contribution in [2.75, 3.05) is 55.7 Å². The molecule has 3 heterocycles. The van der Waals surface area contributed by atoms with Crippen LogP contribution >= 0.6 is 0 Å². The highest BCUT2D eigenvalue weighted by Gasteiger charge is 2.31. The van der Waals surface area contributed by atoms with Crippen LogP contribution in [0.1, 0.15) is 39.0 Å². The molecule has 1 amide bonds.